The highest BCUT2D eigenvalue weighted by Crippen LogP contribution is 2.31. The van der Waals surface area contributed by atoms with Crippen LogP contribution in [0.2, 0.25) is 0 Å². The van der Waals surface area contributed by atoms with Crippen LogP contribution in [0.4, 0.5) is 0 Å². The minimum atomic E-state index is 0.635. The topological polar surface area (TPSA) is 21.3 Å². The van der Waals surface area contributed by atoms with E-state index in [2.05, 4.69) is 63.7 Å². The lowest BCUT2D eigenvalue weighted by atomic mass is 10.1. The number of halogens is 1. The molecule has 1 N–H and O–H groups in total. The first-order valence-corrected chi connectivity index (χ1v) is 7.81. The molecule has 0 aromatic heterocycles. The van der Waals surface area contributed by atoms with Gasteiger partial charge in [-0.05, 0) is 52.2 Å². The SMILES string of the molecule is Brc1cc(-c2ccccc2)ccc1OCC1CCNC1. The summed E-state index contributed by atoms with van der Waals surface area (Å²) >= 11 is 3.61. The number of hydrogen-bond acceptors (Lipinski definition) is 2. The lowest BCUT2D eigenvalue weighted by molar-refractivity contribution is 0.258. The van der Waals surface area contributed by atoms with Crippen LogP contribution in [-0.2, 0) is 0 Å². The van der Waals surface area contributed by atoms with E-state index in [0.29, 0.717) is 5.92 Å². The number of nitrogens with one attached hydrogen (secondary N) is 1. The Morgan fingerprint density at radius 1 is 1.10 bits per heavy atom. The summed E-state index contributed by atoms with van der Waals surface area (Å²) in [5.41, 5.74) is 2.42. The summed E-state index contributed by atoms with van der Waals surface area (Å²) in [6, 6.07) is 16.7. The summed E-state index contributed by atoms with van der Waals surface area (Å²) in [4.78, 5) is 0. The first kappa shape index (κ1) is 13.7. The Morgan fingerprint density at radius 3 is 2.65 bits per heavy atom. The van der Waals surface area contributed by atoms with E-state index >= 15 is 0 Å². The fourth-order valence-electron chi connectivity index (χ4n) is 2.49. The molecular weight excluding hydrogens is 314 g/mol. The molecule has 2 aromatic rings. The highest BCUT2D eigenvalue weighted by molar-refractivity contribution is 9.10. The van der Waals surface area contributed by atoms with Crippen molar-refractivity contribution in [3.8, 4) is 16.9 Å². The molecule has 0 amide bonds. The number of hydrogen-bond donors (Lipinski definition) is 1. The quantitative estimate of drug-likeness (QED) is 0.910. The molecule has 1 aliphatic heterocycles. The van der Waals surface area contributed by atoms with Crippen molar-refractivity contribution in [3.05, 3.63) is 53.0 Å². The molecule has 0 spiro atoms. The van der Waals surface area contributed by atoms with Crippen molar-refractivity contribution in [1.29, 1.82) is 0 Å². The first-order chi connectivity index (χ1) is 9.83. The molecule has 0 bridgehead atoms. The zero-order valence-electron chi connectivity index (χ0n) is 11.3. The third kappa shape index (κ3) is 3.22. The molecule has 20 heavy (non-hydrogen) atoms. The minimum absolute atomic E-state index is 0.635. The number of benzene rings is 2. The van der Waals surface area contributed by atoms with Crippen LogP contribution < -0.4 is 10.1 Å². The van der Waals surface area contributed by atoms with Gasteiger partial charge in [-0.25, -0.2) is 0 Å². The average molecular weight is 332 g/mol. The molecule has 0 aliphatic carbocycles. The maximum atomic E-state index is 5.92. The van der Waals surface area contributed by atoms with Crippen LogP contribution in [0.5, 0.6) is 5.75 Å². The van der Waals surface area contributed by atoms with E-state index < -0.39 is 0 Å². The largest absolute Gasteiger partial charge is 0.492 e. The summed E-state index contributed by atoms with van der Waals surface area (Å²) in [6.45, 7) is 2.97. The molecule has 1 heterocycles. The molecule has 0 saturated carbocycles. The van der Waals surface area contributed by atoms with Gasteiger partial charge in [0, 0.05) is 12.5 Å². The Bertz CT molecular complexity index is 564. The first-order valence-electron chi connectivity index (χ1n) is 7.01. The van der Waals surface area contributed by atoms with Crippen LogP contribution in [0.3, 0.4) is 0 Å². The Balaban J connectivity index is 1.71. The van der Waals surface area contributed by atoms with E-state index in [1.54, 1.807) is 0 Å². The zero-order chi connectivity index (χ0) is 13.8. The average Bonchev–Trinajstić information content (AvgIpc) is 3.00. The van der Waals surface area contributed by atoms with E-state index in [1.807, 2.05) is 6.07 Å². The van der Waals surface area contributed by atoms with Gasteiger partial charge in [-0.3, -0.25) is 0 Å². The van der Waals surface area contributed by atoms with Gasteiger partial charge in [0.15, 0.2) is 0 Å². The van der Waals surface area contributed by atoms with Crippen LogP contribution in [-0.4, -0.2) is 19.7 Å². The Hall–Kier alpha value is -1.32. The lowest BCUT2D eigenvalue weighted by Gasteiger charge is -2.13. The van der Waals surface area contributed by atoms with Gasteiger partial charge in [-0.2, -0.15) is 0 Å². The third-order valence-electron chi connectivity index (χ3n) is 3.68. The summed E-state index contributed by atoms with van der Waals surface area (Å²) in [6.07, 6.45) is 1.21. The van der Waals surface area contributed by atoms with Crippen LogP contribution in [0.1, 0.15) is 6.42 Å². The summed E-state index contributed by atoms with van der Waals surface area (Å²) in [5, 5.41) is 3.36. The van der Waals surface area contributed by atoms with Gasteiger partial charge in [-0.1, -0.05) is 36.4 Å². The Kier molecular flexibility index (Phi) is 4.38. The predicted molar refractivity (Wildman–Crippen MR) is 86.0 cm³/mol. The van der Waals surface area contributed by atoms with E-state index in [9.17, 15) is 0 Å². The van der Waals surface area contributed by atoms with Crippen LogP contribution >= 0.6 is 15.9 Å². The van der Waals surface area contributed by atoms with E-state index in [1.165, 1.54) is 17.5 Å². The van der Waals surface area contributed by atoms with Crippen molar-refractivity contribution < 1.29 is 4.74 Å². The van der Waals surface area contributed by atoms with E-state index in [0.717, 1.165) is 29.9 Å². The maximum absolute atomic E-state index is 5.92. The second kappa shape index (κ2) is 6.42. The lowest BCUT2D eigenvalue weighted by Crippen LogP contribution is -2.15. The van der Waals surface area contributed by atoms with Gasteiger partial charge in [0.1, 0.15) is 5.75 Å². The minimum Gasteiger partial charge on any atom is -0.492 e. The van der Waals surface area contributed by atoms with E-state index in [4.69, 9.17) is 4.74 Å². The Labute approximate surface area is 128 Å². The fraction of sp³-hybridized carbons (Fsp3) is 0.294. The smallest absolute Gasteiger partial charge is 0.133 e. The zero-order valence-corrected chi connectivity index (χ0v) is 12.9. The normalized spacial score (nSPS) is 18.1. The van der Waals surface area contributed by atoms with Gasteiger partial charge < -0.3 is 10.1 Å². The molecule has 2 aromatic carbocycles. The number of rotatable bonds is 4. The van der Waals surface area contributed by atoms with Crippen molar-refractivity contribution in [2.24, 2.45) is 5.92 Å². The van der Waals surface area contributed by atoms with Crippen molar-refractivity contribution in [3.63, 3.8) is 0 Å². The third-order valence-corrected chi connectivity index (χ3v) is 4.30. The standard InChI is InChI=1S/C17H18BrNO/c18-16-10-15(14-4-2-1-3-5-14)6-7-17(16)20-12-13-8-9-19-11-13/h1-7,10,13,19H,8-9,11-12H2. The second-order valence-electron chi connectivity index (χ2n) is 5.18. The molecule has 3 heteroatoms. The van der Waals surface area contributed by atoms with Crippen LogP contribution in [0.15, 0.2) is 53.0 Å². The molecule has 104 valence electrons. The monoisotopic (exact) mass is 331 g/mol. The van der Waals surface area contributed by atoms with Gasteiger partial charge in [-0.15, -0.1) is 0 Å². The molecule has 1 fully saturated rings. The molecule has 1 aliphatic rings. The van der Waals surface area contributed by atoms with Crippen molar-refractivity contribution in [2.45, 2.75) is 6.42 Å². The summed E-state index contributed by atoms with van der Waals surface area (Å²) in [7, 11) is 0. The second-order valence-corrected chi connectivity index (χ2v) is 6.04. The van der Waals surface area contributed by atoms with Gasteiger partial charge in [0.2, 0.25) is 0 Å². The van der Waals surface area contributed by atoms with Crippen molar-refractivity contribution in [2.75, 3.05) is 19.7 Å². The fourth-order valence-corrected chi connectivity index (χ4v) is 2.99. The molecule has 1 saturated heterocycles. The van der Waals surface area contributed by atoms with Crippen molar-refractivity contribution >= 4 is 15.9 Å². The van der Waals surface area contributed by atoms with E-state index in [-0.39, 0.29) is 0 Å². The van der Waals surface area contributed by atoms with Crippen LogP contribution in [0, 0.1) is 5.92 Å². The molecule has 2 nitrogen and oxygen atoms in total. The molecule has 0 radical (unpaired) electrons. The highest BCUT2D eigenvalue weighted by atomic mass is 79.9. The van der Waals surface area contributed by atoms with Crippen LogP contribution in [0.25, 0.3) is 11.1 Å². The molecule has 1 atom stereocenters. The molecular formula is C17H18BrNO. The number of ether oxygens (including phenoxy) is 1. The molecule has 3 rings (SSSR count). The summed E-state index contributed by atoms with van der Waals surface area (Å²) in [5.74, 6) is 1.56. The van der Waals surface area contributed by atoms with Crippen molar-refractivity contribution in [1.82, 2.24) is 5.32 Å². The Morgan fingerprint density at radius 2 is 1.95 bits per heavy atom. The molecule has 1 unspecified atom stereocenters. The predicted octanol–water partition coefficient (Wildman–Crippen LogP) is 4.10. The maximum Gasteiger partial charge on any atom is 0.133 e. The van der Waals surface area contributed by atoms with Gasteiger partial charge in [0.25, 0.3) is 0 Å². The van der Waals surface area contributed by atoms with Gasteiger partial charge >= 0.3 is 0 Å². The van der Waals surface area contributed by atoms with Gasteiger partial charge in [0.05, 0.1) is 11.1 Å². The highest BCUT2D eigenvalue weighted by Gasteiger charge is 2.15. The summed E-state index contributed by atoms with van der Waals surface area (Å²) < 4.78 is 6.94.